The second-order valence-electron chi connectivity index (χ2n) is 6.36. The maximum Gasteiger partial charge on any atom is 0.343 e. The average molecular weight is 482 g/mol. The third-order valence-corrected chi connectivity index (χ3v) is 4.61. The van der Waals surface area contributed by atoms with Gasteiger partial charge >= 0.3 is 5.97 Å². The third-order valence-electron chi connectivity index (χ3n) is 4.09. The molecule has 0 unspecified atom stereocenters. The summed E-state index contributed by atoms with van der Waals surface area (Å²) in [5, 5.41) is 14.6. The van der Waals surface area contributed by atoms with Crippen molar-refractivity contribution >= 4 is 39.7 Å². The molecule has 0 aliphatic heterocycles. The maximum absolute atomic E-state index is 12.1. The minimum absolute atomic E-state index is 0.107. The Morgan fingerprint density at radius 1 is 1.00 bits per heavy atom. The molecule has 156 valence electrons. The molecule has 0 atom stereocenters. The first kappa shape index (κ1) is 21.8. The Morgan fingerprint density at radius 2 is 1.65 bits per heavy atom. The second kappa shape index (κ2) is 10.3. The van der Waals surface area contributed by atoms with Crippen molar-refractivity contribution in [1.29, 1.82) is 0 Å². The van der Waals surface area contributed by atoms with E-state index < -0.39 is 10.9 Å². The number of halogens is 1. The van der Waals surface area contributed by atoms with Crippen LogP contribution in [0.1, 0.15) is 21.5 Å². The molecule has 31 heavy (non-hydrogen) atoms. The lowest BCUT2D eigenvalue weighted by atomic mass is 10.1. The zero-order valence-corrected chi connectivity index (χ0v) is 17.6. The predicted octanol–water partition coefficient (Wildman–Crippen LogP) is 4.27. The molecule has 8 nitrogen and oxygen atoms in total. The van der Waals surface area contributed by atoms with E-state index in [0.29, 0.717) is 11.3 Å². The number of rotatable bonds is 7. The minimum atomic E-state index is -0.628. The molecule has 0 aliphatic rings. The number of benzene rings is 3. The molecule has 0 radical (unpaired) electrons. The number of nitrogens with zero attached hydrogens (tertiary/aromatic N) is 2. The largest absolute Gasteiger partial charge is 0.423 e. The van der Waals surface area contributed by atoms with Crippen LogP contribution in [0.4, 0.5) is 5.69 Å². The number of carbonyl (C=O) groups excluding carboxylic acids is 2. The number of carbonyl (C=O) groups is 2. The summed E-state index contributed by atoms with van der Waals surface area (Å²) < 4.78 is 6.19. The first-order valence-corrected chi connectivity index (χ1v) is 9.83. The topological polar surface area (TPSA) is 111 Å². The first-order chi connectivity index (χ1) is 14.9. The van der Waals surface area contributed by atoms with Crippen LogP contribution in [-0.2, 0) is 11.2 Å². The van der Waals surface area contributed by atoms with Crippen molar-refractivity contribution in [3.63, 3.8) is 0 Å². The number of nitro groups is 1. The highest BCUT2D eigenvalue weighted by molar-refractivity contribution is 9.10. The smallest absolute Gasteiger partial charge is 0.343 e. The molecule has 0 saturated carbocycles. The average Bonchev–Trinajstić information content (AvgIpc) is 2.76. The van der Waals surface area contributed by atoms with Gasteiger partial charge in [0.2, 0.25) is 5.91 Å². The number of nitro benzene ring substituents is 1. The Balaban J connectivity index is 1.51. The van der Waals surface area contributed by atoms with E-state index in [2.05, 4.69) is 26.5 Å². The van der Waals surface area contributed by atoms with E-state index in [4.69, 9.17) is 4.74 Å². The quantitative estimate of drug-likeness (QED) is 0.178. The lowest BCUT2D eigenvalue weighted by Gasteiger charge is -2.04. The summed E-state index contributed by atoms with van der Waals surface area (Å²) in [6.07, 6.45) is 1.68. The van der Waals surface area contributed by atoms with Crippen LogP contribution in [-0.4, -0.2) is 23.0 Å². The van der Waals surface area contributed by atoms with Crippen molar-refractivity contribution < 1.29 is 19.2 Å². The van der Waals surface area contributed by atoms with Gasteiger partial charge in [0.15, 0.2) is 0 Å². The van der Waals surface area contributed by atoms with Gasteiger partial charge in [-0.05, 0) is 59.7 Å². The Labute approximate surface area is 185 Å². The molecule has 1 amide bonds. The van der Waals surface area contributed by atoms with Crippen LogP contribution in [0.15, 0.2) is 82.4 Å². The van der Waals surface area contributed by atoms with E-state index in [9.17, 15) is 19.7 Å². The van der Waals surface area contributed by atoms with Gasteiger partial charge in [-0.25, -0.2) is 10.2 Å². The van der Waals surface area contributed by atoms with E-state index >= 15 is 0 Å². The van der Waals surface area contributed by atoms with E-state index in [-0.39, 0.29) is 23.6 Å². The zero-order chi connectivity index (χ0) is 22.2. The maximum atomic E-state index is 12.1. The molecule has 0 aromatic heterocycles. The van der Waals surface area contributed by atoms with Gasteiger partial charge in [-0.1, -0.05) is 28.1 Å². The van der Waals surface area contributed by atoms with E-state index in [1.807, 2.05) is 24.3 Å². The van der Waals surface area contributed by atoms with Crippen molar-refractivity contribution in [2.45, 2.75) is 6.42 Å². The highest BCUT2D eigenvalue weighted by Crippen LogP contribution is 2.16. The molecule has 0 bridgehead atoms. The number of hydrazone groups is 1. The molecule has 0 heterocycles. The third kappa shape index (κ3) is 6.58. The fraction of sp³-hybridized carbons (Fsp3) is 0.0455. The Kier molecular flexibility index (Phi) is 7.23. The number of amides is 1. The first-order valence-electron chi connectivity index (χ1n) is 9.04. The Hall–Kier alpha value is -3.85. The lowest BCUT2D eigenvalue weighted by molar-refractivity contribution is -0.384. The van der Waals surface area contributed by atoms with Gasteiger partial charge in [-0.2, -0.15) is 5.10 Å². The molecule has 9 heteroatoms. The molecule has 0 fully saturated rings. The summed E-state index contributed by atoms with van der Waals surface area (Å²) in [5.41, 5.74) is 4.12. The van der Waals surface area contributed by atoms with Gasteiger partial charge in [-0.3, -0.25) is 14.9 Å². The number of hydrogen-bond donors (Lipinski definition) is 1. The van der Waals surface area contributed by atoms with Gasteiger partial charge in [-0.15, -0.1) is 0 Å². The zero-order valence-electron chi connectivity index (χ0n) is 16.0. The number of nitrogens with one attached hydrogen (secondary N) is 1. The van der Waals surface area contributed by atoms with Crippen molar-refractivity contribution in [2.24, 2.45) is 5.10 Å². The Morgan fingerprint density at radius 3 is 2.26 bits per heavy atom. The highest BCUT2D eigenvalue weighted by Gasteiger charge is 2.11. The number of hydrogen-bond acceptors (Lipinski definition) is 6. The predicted molar refractivity (Wildman–Crippen MR) is 118 cm³/mol. The number of ether oxygens (including phenoxy) is 1. The monoisotopic (exact) mass is 481 g/mol. The molecule has 0 spiro atoms. The van der Waals surface area contributed by atoms with Crippen LogP contribution in [0.3, 0.4) is 0 Å². The number of esters is 1. The summed E-state index contributed by atoms with van der Waals surface area (Å²) in [6.45, 7) is 0. The van der Waals surface area contributed by atoms with Crippen molar-refractivity contribution in [1.82, 2.24) is 5.43 Å². The molecule has 0 aliphatic carbocycles. The fourth-order valence-electron chi connectivity index (χ4n) is 2.51. The minimum Gasteiger partial charge on any atom is -0.423 e. The van der Waals surface area contributed by atoms with Crippen molar-refractivity contribution in [3.8, 4) is 5.75 Å². The van der Waals surface area contributed by atoms with Crippen LogP contribution < -0.4 is 10.2 Å². The SMILES string of the molecule is O=C(Cc1ccc(Br)cc1)NN=Cc1ccc(OC(=O)c2ccc([N+](=O)[O-])cc2)cc1. The van der Waals surface area contributed by atoms with Crippen molar-refractivity contribution in [3.05, 3.63) is 104 Å². The van der Waals surface area contributed by atoms with E-state index in [0.717, 1.165) is 10.0 Å². The van der Waals surface area contributed by atoms with Crippen LogP contribution in [0.2, 0.25) is 0 Å². The van der Waals surface area contributed by atoms with Crippen LogP contribution in [0.5, 0.6) is 5.75 Å². The normalized spacial score (nSPS) is 10.6. The van der Waals surface area contributed by atoms with E-state index in [1.54, 1.807) is 24.3 Å². The van der Waals surface area contributed by atoms with Crippen LogP contribution in [0, 0.1) is 10.1 Å². The summed E-state index contributed by atoms with van der Waals surface area (Å²) in [6, 6.07) is 19.1. The molecule has 1 N–H and O–H groups in total. The second-order valence-corrected chi connectivity index (χ2v) is 7.27. The summed E-state index contributed by atoms with van der Waals surface area (Å²) in [5.74, 6) is -0.566. The summed E-state index contributed by atoms with van der Waals surface area (Å²) >= 11 is 3.34. The fourth-order valence-corrected chi connectivity index (χ4v) is 2.78. The molecule has 3 aromatic carbocycles. The van der Waals surface area contributed by atoms with Gasteiger partial charge in [0.05, 0.1) is 23.1 Å². The standard InChI is InChI=1S/C22H16BrN3O5/c23-18-7-1-15(2-8-18)13-21(27)25-24-14-16-3-11-20(12-4-16)31-22(28)17-5-9-19(10-6-17)26(29)30/h1-12,14H,13H2,(H,25,27). The highest BCUT2D eigenvalue weighted by atomic mass is 79.9. The van der Waals surface area contributed by atoms with Gasteiger partial charge in [0.1, 0.15) is 5.75 Å². The molecule has 3 rings (SSSR count). The van der Waals surface area contributed by atoms with Gasteiger partial charge in [0.25, 0.3) is 5.69 Å². The summed E-state index contributed by atoms with van der Waals surface area (Å²) in [4.78, 5) is 34.2. The van der Waals surface area contributed by atoms with Crippen molar-refractivity contribution in [2.75, 3.05) is 0 Å². The number of non-ortho nitro benzene ring substituents is 1. The molecular formula is C22H16BrN3O5. The van der Waals surface area contributed by atoms with Gasteiger partial charge < -0.3 is 4.74 Å². The Bertz CT molecular complexity index is 1110. The lowest BCUT2D eigenvalue weighted by Crippen LogP contribution is -2.19. The molecule has 3 aromatic rings. The van der Waals surface area contributed by atoms with E-state index in [1.165, 1.54) is 30.5 Å². The van der Waals surface area contributed by atoms with Crippen LogP contribution >= 0.6 is 15.9 Å². The van der Waals surface area contributed by atoms with Gasteiger partial charge in [0, 0.05) is 16.6 Å². The molecule has 0 saturated heterocycles. The van der Waals surface area contributed by atoms with Crippen LogP contribution in [0.25, 0.3) is 0 Å². The molecular weight excluding hydrogens is 466 g/mol. The summed E-state index contributed by atoms with van der Waals surface area (Å²) in [7, 11) is 0.